The number of hydrogen-bond donors (Lipinski definition) is 0. The van der Waals surface area contributed by atoms with Crippen LogP contribution in [0.15, 0.2) is 0 Å². The molecule has 0 spiro atoms. The molecule has 0 bridgehead atoms. The van der Waals surface area contributed by atoms with Crippen molar-refractivity contribution in [1.82, 2.24) is 0 Å². The Bertz CT molecular complexity index is 1600. The minimum Gasteiger partial charge on any atom is -0.375 e. The van der Waals surface area contributed by atoms with Crippen LogP contribution in [0.1, 0.15) is 207 Å². The van der Waals surface area contributed by atoms with Crippen LogP contribution in [0.5, 0.6) is 0 Å². The minimum absolute atomic E-state index is 0.0590. The largest absolute Gasteiger partial charge is 0.375 e. The Morgan fingerprint density at radius 1 is 0.329 bits per heavy atom. The summed E-state index contributed by atoms with van der Waals surface area (Å²) in [7, 11) is 23.8. The molecular weight excluding hydrogens is 1410 g/mol. The standard InChI is InChI=1S/C52H94B8I4O12/c1-17-45(10,25-29-70-49(14,21-5)33-41(66)58(54)62)74-37-52(36-73-44(8,9)24-28-69-48(13,20-4)32-40(65)57(53)61,38-75-46(11,18-2)26-30-71-50(15,22-6)34-42(67)59(55)63)39-76-47(12,19-3)27-31-72-51(16,23-7)35-43(68)60(56)64/h17-39H2,1-16H3. The zero-order valence-electron chi connectivity index (χ0n) is 49.8. The van der Waals surface area contributed by atoms with Gasteiger partial charge in [0.1, 0.15) is 0 Å². The normalized spacial score (nSPS) is 18.5. The van der Waals surface area contributed by atoms with Crippen molar-refractivity contribution >= 4 is 161 Å². The van der Waals surface area contributed by atoms with Crippen LogP contribution in [0.25, 0.3) is 0 Å². The summed E-state index contributed by atoms with van der Waals surface area (Å²) < 4.78 is 52.0. The first-order chi connectivity index (χ1) is 34.9. The summed E-state index contributed by atoms with van der Waals surface area (Å²) >= 11 is 7.78. The predicted octanol–water partition coefficient (Wildman–Crippen LogP) is 11.0. The van der Waals surface area contributed by atoms with Crippen molar-refractivity contribution in [2.45, 2.75) is 252 Å². The van der Waals surface area contributed by atoms with E-state index < -0.39 is 68.1 Å². The summed E-state index contributed by atoms with van der Waals surface area (Å²) in [6.07, 6.45) is 7.53. The van der Waals surface area contributed by atoms with Crippen molar-refractivity contribution in [2.24, 2.45) is 5.41 Å². The number of ether oxygens (including phenoxy) is 8. The molecule has 0 aromatic heterocycles. The summed E-state index contributed by atoms with van der Waals surface area (Å²) in [4.78, 5) is 51.1. The lowest BCUT2D eigenvalue weighted by molar-refractivity contribution is -0.204. The maximum atomic E-state index is 12.8. The summed E-state index contributed by atoms with van der Waals surface area (Å²) in [5.74, 6) is 0. The van der Waals surface area contributed by atoms with Crippen LogP contribution in [0, 0.1) is 5.41 Å². The van der Waals surface area contributed by atoms with Crippen LogP contribution in [0.4, 0.5) is 0 Å². The van der Waals surface area contributed by atoms with Gasteiger partial charge in [0.25, 0.3) is 0 Å². The number of rotatable bonds is 47. The third-order valence-electron chi connectivity index (χ3n) is 16.0. The highest BCUT2D eigenvalue weighted by atomic mass is 127. The average molecular weight is 1510 g/mol. The van der Waals surface area contributed by atoms with Gasteiger partial charge in [-0.3, -0.25) is 0 Å². The van der Waals surface area contributed by atoms with Gasteiger partial charge in [0.05, 0.1) is 126 Å². The molecule has 7 atom stereocenters. The van der Waals surface area contributed by atoms with Gasteiger partial charge in [-0.1, -0.05) is 48.5 Å². The van der Waals surface area contributed by atoms with Crippen molar-refractivity contribution in [3.8, 4) is 0 Å². The third kappa shape index (κ3) is 30.0. The van der Waals surface area contributed by atoms with Crippen molar-refractivity contribution in [1.29, 1.82) is 0 Å². The van der Waals surface area contributed by atoms with E-state index in [-0.39, 0.29) is 74.8 Å². The Balaban J connectivity index is 7.42. The zero-order chi connectivity index (χ0) is 59.0. The smallest absolute Gasteiger partial charge is 0.245 e. The van der Waals surface area contributed by atoms with Gasteiger partial charge in [0, 0.05) is 56.6 Å². The first kappa shape index (κ1) is 77.8. The lowest BCUT2D eigenvalue weighted by Crippen LogP contribution is -2.50. The fourth-order valence-electron chi connectivity index (χ4n) is 7.77. The fourth-order valence-corrected chi connectivity index (χ4v) is 8.65. The second-order valence-electron chi connectivity index (χ2n) is 23.6. The van der Waals surface area contributed by atoms with Crippen LogP contribution in [0.2, 0.25) is 0 Å². The Kier molecular flexibility index (Phi) is 36.8. The lowest BCUT2D eigenvalue weighted by atomic mass is 9.51. The quantitative estimate of drug-likeness (QED) is 0.0423. The Morgan fingerprint density at radius 2 is 0.526 bits per heavy atom. The summed E-state index contributed by atoms with van der Waals surface area (Å²) in [6, 6.07) is 0. The van der Waals surface area contributed by atoms with Crippen LogP contribution >= 0.6 is 89.5 Å². The fraction of sp³-hybridized carbons (Fsp3) is 0.923. The number of hydrogen-bond acceptors (Lipinski definition) is 12. The summed E-state index contributed by atoms with van der Waals surface area (Å²) in [5, 5.41) is 0. The maximum absolute atomic E-state index is 12.8. The lowest BCUT2D eigenvalue weighted by Gasteiger charge is -2.44. The molecule has 0 aliphatic rings. The highest BCUT2D eigenvalue weighted by molar-refractivity contribution is 14.1. The van der Waals surface area contributed by atoms with Crippen molar-refractivity contribution < 1.29 is 57.1 Å². The molecule has 0 amide bonds. The van der Waals surface area contributed by atoms with Gasteiger partial charge in [-0.15, -0.1) is 0 Å². The van der Waals surface area contributed by atoms with E-state index in [0.717, 1.165) is 0 Å². The molecule has 76 heavy (non-hydrogen) atoms. The van der Waals surface area contributed by atoms with Crippen LogP contribution in [0.3, 0.4) is 0 Å². The van der Waals surface area contributed by atoms with E-state index in [0.29, 0.717) is 97.1 Å². The summed E-state index contributed by atoms with van der Waals surface area (Å²) in [5.41, 5.74) is -6.56. The molecule has 0 aliphatic heterocycles. The molecule has 24 heteroatoms. The molecule has 0 aliphatic carbocycles. The van der Waals surface area contributed by atoms with E-state index in [1.807, 2.05) is 159 Å². The average Bonchev–Trinajstić information content (AvgIpc) is 3.35. The van der Waals surface area contributed by atoms with Crippen molar-refractivity contribution in [3.05, 3.63) is 0 Å². The second-order valence-corrected chi connectivity index (χ2v) is 29.0. The molecule has 0 aromatic carbocycles. The second kappa shape index (κ2) is 35.9. The van der Waals surface area contributed by atoms with Gasteiger partial charge in [0.15, 0.2) is 0 Å². The van der Waals surface area contributed by atoms with Gasteiger partial charge in [0.2, 0.25) is 17.8 Å². The number of carbonyl (C=O) groups excluding carboxylic acids is 4. The predicted molar refractivity (Wildman–Crippen MR) is 354 cm³/mol. The topological polar surface area (TPSA) is 142 Å². The van der Waals surface area contributed by atoms with Gasteiger partial charge in [-0.05, 0) is 133 Å². The molecule has 0 saturated carbocycles. The van der Waals surface area contributed by atoms with E-state index in [1.165, 1.54) is 0 Å². The molecule has 8 radical (unpaired) electrons. The van der Waals surface area contributed by atoms with Crippen LogP contribution < -0.4 is 0 Å². The molecule has 7 unspecified atom stereocenters. The van der Waals surface area contributed by atoms with E-state index in [1.54, 1.807) is 0 Å². The van der Waals surface area contributed by atoms with Crippen molar-refractivity contribution in [2.75, 3.05) is 52.9 Å². The molecule has 0 saturated heterocycles. The SMILES string of the molecule is [B]B(I)C(=O)CC(C)(CC)OCCC(C)(C)OCC(COC(C)(CC)CCOC(C)(CC)CC(=O)B([B])I)(COC(C)(CC)CCOC(C)(CC)CC(=O)B([B])I)COC(C)(CC)CCOC(C)(CC)CC(=O)B([B])I. The Morgan fingerprint density at radius 3 is 0.724 bits per heavy atom. The molecule has 12 nitrogen and oxygen atoms in total. The highest BCUT2D eigenvalue weighted by Gasteiger charge is 2.43. The molecule has 0 heterocycles. The van der Waals surface area contributed by atoms with Gasteiger partial charge < -0.3 is 57.1 Å². The summed E-state index contributed by atoms with van der Waals surface area (Å²) in [6.45, 7) is 34.6. The van der Waals surface area contributed by atoms with Crippen LogP contribution in [-0.4, -0.2) is 169 Å². The van der Waals surface area contributed by atoms with Crippen LogP contribution in [-0.2, 0) is 57.1 Å². The molecule has 0 aromatic rings. The van der Waals surface area contributed by atoms with Gasteiger partial charge in [-0.25, -0.2) is 0 Å². The maximum Gasteiger partial charge on any atom is 0.245 e. The first-order valence-corrected chi connectivity index (χ1v) is 32.7. The van der Waals surface area contributed by atoms with E-state index in [4.69, 9.17) is 68.8 Å². The Labute approximate surface area is 523 Å². The monoisotopic (exact) mass is 1510 g/mol. The first-order valence-electron chi connectivity index (χ1n) is 27.7. The Hall–Kier alpha value is 1.80. The number of halogens is 4. The molecule has 0 rings (SSSR count). The molecule has 426 valence electrons. The van der Waals surface area contributed by atoms with E-state index in [2.05, 4.69) is 41.5 Å². The third-order valence-corrected chi connectivity index (χ3v) is 18.8. The van der Waals surface area contributed by atoms with Gasteiger partial charge in [-0.2, -0.15) is 89.5 Å². The molecule has 0 N–H and O–H groups in total. The zero-order valence-corrected chi connectivity index (χ0v) is 58.4. The van der Waals surface area contributed by atoms with E-state index in [9.17, 15) is 19.2 Å². The molecular formula is C52H94B8I4O12. The van der Waals surface area contributed by atoms with Gasteiger partial charge >= 0.3 is 0 Å². The number of carbonyl (C=O) groups is 4. The van der Waals surface area contributed by atoms with Crippen molar-refractivity contribution in [3.63, 3.8) is 0 Å². The highest BCUT2D eigenvalue weighted by Crippen LogP contribution is 2.36. The van der Waals surface area contributed by atoms with E-state index >= 15 is 0 Å². The molecule has 0 fully saturated rings. The minimum atomic E-state index is -0.896.